The lowest BCUT2D eigenvalue weighted by atomic mass is 10.1. The molecule has 230 valence electrons. The van der Waals surface area contributed by atoms with Crippen LogP contribution in [0.25, 0.3) is 0 Å². The smallest absolute Gasteiger partial charge is 0.0656 e. The minimum Gasteiger partial charge on any atom is -0.0656 e. The topological polar surface area (TPSA) is 0 Å². The fraction of sp³-hybridized carbons (Fsp3) is 0.436. The Morgan fingerprint density at radius 1 is 0.395 bits per heavy atom. The Morgan fingerprint density at radius 3 is 0.907 bits per heavy atom. The molecular weight excluding hydrogens is 581 g/mol. The fourth-order valence-electron chi connectivity index (χ4n) is 7.23. The molecule has 0 bridgehead atoms. The van der Waals surface area contributed by atoms with E-state index in [-0.39, 0.29) is 0 Å². The lowest BCUT2D eigenvalue weighted by molar-refractivity contribution is 0.851. The van der Waals surface area contributed by atoms with E-state index in [1.54, 1.807) is 47.5 Å². The summed E-state index contributed by atoms with van der Waals surface area (Å²) in [5.74, 6) is 0.425. The summed E-state index contributed by atoms with van der Waals surface area (Å²) in [4.78, 5) is 0. The van der Waals surface area contributed by atoms with Gasteiger partial charge < -0.3 is 0 Å². The van der Waals surface area contributed by atoms with Gasteiger partial charge in [-0.15, -0.1) is 0 Å². The van der Waals surface area contributed by atoms with E-state index in [2.05, 4.69) is 162 Å². The van der Waals surface area contributed by atoms with Gasteiger partial charge in [0.05, 0.1) is 24.2 Å². The first-order chi connectivity index (χ1) is 19.6. The maximum atomic E-state index is 2.69. The van der Waals surface area contributed by atoms with Crippen LogP contribution in [0.2, 0.25) is 58.9 Å². The third-order valence-corrected chi connectivity index (χ3v) is 21.3. The quantitative estimate of drug-likeness (QED) is 0.185. The van der Waals surface area contributed by atoms with Crippen molar-refractivity contribution in [1.82, 2.24) is 0 Å². The van der Waals surface area contributed by atoms with E-state index in [1.165, 1.54) is 22.3 Å². The van der Waals surface area contributed by atoms with Crippen LogP contribution in [-0.2, 0) is 0 Å². The summed E-state index contributed by atoms with van der Waals surface area (Å²) >= 11 is 0. The summed E-state index contributed by atoms with van der Waals surface area (Å²) in [6, 6.07) is 23.3. The van der Waals surface area contributed by atoms with Crippen LogP contribution in [0, 0.1) is 26.7 Å². The Balaban J connectivity index is 2.36. The molecule has 0 aromatic heterocycles. The number of hydrogen-bond acceptors (Lipinski definition) is 0. The average Bonchev–Trinajstić information content (AvgIpc) is 3.05. The summed E-state index contributed by atoms with van der Waals surface area (Å²) in [5.41, 5.74) is 8.83. The standard InChI is InChI=1S/C39H58Si4/c1-26-17-33(40(8,9)10)23-36(20-26)43(39-31(6)29(4)30(5)32(39)7,37-21-27(2)18-34(24-37)41(11,12)13)38-22-28(3)19-35(25-38)42(14,15)16/h17-25,31H,1-16H3. The van der Waals surface area contributed by atoms with Crippen molar-refractivity contribution < 1.29 is 0 Å². The summed E-state index contributed by atoms with van der Waals surface area (Å²) in [6.45, 7) is 39.4. The lowest BCUT2D eigenvalue weighted by Crippen LogP contribution is -2.71. The summed E-state index contributed by atoms with van der Waals surface area (Å²) in [6.07, 6.45) is 0. The van der Waals surface area contributed by atoms with E-state index >= 15 is 0 Å². The highest BCUT2D eigenvalue weighted by Crippen LogP contribution is 2.41. The summed E-state index contributed by atoms with van der Waals surface area (Å²) in [7, 11) is -7.43. The van der Waals surface area contributed by atoms with Crippen LogP contribution in [0.15, 0.2) is 76.5 Å². The zero-order valence-electron chi connectivity index (χ0n) is 30.3. The van der Waals surface area contributed by atoms with Crippen LogP contribution in [0.1, 0.15) is 44.4 Å². The van der Waals surface area contributed by atoms with Gasteiger partial charge in [-0.05, 0) is 68.6 Å². The Hall–Kier alpha value is -1.99. The second kappa shape index (κ2) is 11.4. The molecular formula is C39H58Si4. The van der Waals surface area contributed by atoms with Crippen LogP contribution < -0.4 is 31.1 Å². The second-order valence-electron chi connectivity index (χ2n) is 16.8. The highest BCUT2D eigenvalue weighted by Gasteiger charge is 2.49. The maximum Gasteiger partial charge on any atom is 0.176 e. The lowest BCUT2D eigenvalue weighted by Gasteiger charge is -2.41. The molecule has 0 nitrogen and oxygen atoms in total. The molecule has 1 aliphatic rings. The van der Waals surface area contributed by atoms with Crippen molar-refractivity contribution in [3.8, 4) is 0 Å². The zero-order valence-corrected chi connectivity index (χ0v) is 34.3. The Morgan fingerprint density at radius 2 is 0.674 bits per heavy atom. The predicted molar refractivity (Wildman–Crippen MR) is 207 cm³/mol. The maximum absolute atomic E-state index is 2.72. The minimum absolute atomic E-state index is 0.425. The van der Waals surface area contributed by atoms with Gasteiger partial charge in [-0.2, -0.15) is 0 Å². The molecule has 1 unspecified atom stereocenters. The second-order valence-corrected chi connectivity index (χ2v) is 35.8. The van der Waals surface area contributed by atoms with Gasteiger partial charge in [0.2, 0.25) is 0 Å². The molecule has 1 atom stereocenters. The van der Waals surface area contributed by atoms with Gasteiger partial charge in [0.25, 0.3) is 0 Å². The highest BCUT2D eigenvalue weighted by atomic mass is 28.3. The van der Waals surface area contributed by atoms with E-state index in [1.807, 2.05) is 0 Å². The number of aryl methyl sites for hydroxylation is 3. The summed E-state index contributed by atoms with van der Waals surface area (Å²) in [5, 5.41) is 11.2. The molecule has 4 heteroatoms. The van der Waals surface area contributed by atoms with Gasteiger partial charge in [-0.3, -0.25) is 0 Å². The van der Waals surface area contributed by atoms with Crippen molar-refractivity contribution in [2.45, 2.75) is 107 Å². The largest absolute Gasteiger partial charge is 0.176 e. The molecule has 0 saturated heterocycles. The van der Waals surface area contributed by atoms with Crippen LogP contribution in [0.5, 0.6) is 0 Å². The van der Waals surface area contributed by atoms with E-state index in [9.17, 15) is 0 Å². The van der Waals surface area contributed by atoms with Gasteiger partial charge in [0.15, 0.2) is 8.07 Å². The van der Waals surface area contributed by atoms with E-state index in [0.29, 0.717) is 5.92 Å². The zero-order chi connectivity index (χ0) is 32.4. The molecule has 43 heavy (non-hydrogen) atoms. The number of rotatable bonds is 7. The van der Waals surface area contributed by atoms with Gasteiger partial charge in [0, 0.05) is 0 Å². The van der Waals surface area contributed by atoms with Crippen molar-refractivity contribution in [3.05, 3.63) is 93.2 Å². The molecule has 0 aliphatic heterocycles. The molecule has 0 heterocycles. The molecule has 0 saturated carbocycles. The van der Waals surface area contributed by atoms with Crippen molar-refractivity contribution >= 4 is 63.4 Å². The van der Waals surface area contributed by atoms with Gasteiger partial charge >= 0.3 is 0 Å². The first-order valence-electron chi connectivity index (χ1n) is 16.4. The van der Waals surface area contributed by atoms with Crippen molar-refractivity contribution in [2.75, 3.05) is 0 Å². The van der Waals surface area contributed by atoms with E-state index in [0.717, 1.165) is 0 Å². The number of benzene rings is 3. The molecule has 0 amide bonds. The molecule has 0 fully saturated rings. The first kappa shape index (κ1) is 33.9. The average molecular weight is 639 g/mol. The fourth-order valence-corrected chi connectivity index (χ4v) is 17.4. The van der Waals surface area contributed by atoms with E-state index < -0.39 is 32.3 Å². The molecule has 3 aromatic rings. The Bertz CT molecular complexity index is 1480. The predicted octanol–water partition coefficient (Wildman–Crippen LogP) is 7.56. The summed E-state index contributed by atoms with van der Waals surface area (Å²) < 4.78 is 0. The molecule has 0 radical (unpaired) electrons. The van der Waals surface area contributed by atoms with Crippen LogP contribution in [-0.4, -0.2) is 32.3 Å². The molecule has 0 N–H and O–H groups in total. The number of hydrogen-bond donors (Lipinski definition) is 0. The van der Waals surface area contributed by atoms with Crippen molar-refractivity contribution in [2.24, 2.45) is 5.92 Å². The Labute approximate surface area is 268 Å². The minimum atomic E-state index is -2.72. The molecule has 4 rings (SSSR count). The highest BCUT2D eigenvalue weighted by molar-refractivity contribution is 7.17. The van der Waals surface area contributed by atoms with Gasteiger partial charge in [-0.1, -0.05) is 169 Å². The molecule has 3 aromatic carbocycles. The normalized spacial score (nSPS) is 16.9. The van der Waals surface area contributed by atoms with Gasteiger partial charge in [-0.25, -0.2) is 0 Å². The van der Waals surface area contributed by atoms with Gasteiger partial charge in [0.1, 0.15) is 0 Å². The molecule has 0 spiro atoms. The third-order valence-electron chi connectivity index (χ3n) is 10.2. The van der Waals surface area contributed by atoms with Crippen LogP contribution in [0.3, 0.4) is 0 Å². The number of allylic oxidation sites excluding steroid dienone is 4. The third kappa shape index (κ3) is 6.27. The van der Waals surface area contributed by atoms with Crippen molar-refractivity contribution in [1.29, 1.82) is 0 Å². The van der Waals surface area contributed by atoms with E-state index in [4.69, 9.17) is 0 Å². The Kier molecular flexibility index (Phi) is 9.00. The SMILES string of the molecule is CC1=C(C)C(C)C([Si](c2cc(C)cc([Si](C)(C)C)c2)(c2cc(C)cc([Si](C)(C)C)c2)c2cc(C)cc([Si](C)(C)C)c2)=C1C. The van der Waals surface area contributed by atoms with Crippen LogP contribution in [0.4, 0.5) is 0 Å². The molecule has 1 aliphatic carbocycles. The first-order valence-corrected chi connectivity index (χ1v) is 28.9. The van der Waals surface area contributed by atoms with Crippen molar-refractivity contribution in [3.63, 3.8) is 0 Å². The van der Waals surface area contributed by atoms with Crippen LogP contribution >= 0.6 is 0 Å². The monoisotopic (exact) mass is 638 g/mol.